The Labute approximate surface area is 108 Å². The van der Waals surface area contributed by atoms with Gasteiger partial charge in [0.15, 0.2) is 0 Å². The first-order valence-corrected chi connectivity index (χ1v) is 6.39. The fourth-order valence-electron chi connectivity index (χ4n) is 1.76. The van der Waals surface area contributed by atoms with Crippen molar-refractivity contribution in [1.29, 1.82) is 0 Å². The summed E-state index contributed by atoms with van der Waals surface area (Å²) < 4.78 is 0. The summed E-state index contributed by atoms with van der Waals surface area (Å²) in [4.78, 5) is 16.7. The van der Waals surface area contributed by atoms with Crippen molar-refractivity contribution >= 4 is 33.7 Å². The van der Waals surface area contributed by atoms with Gasteiger partial charge in [0.05, 0.1) is 4.88 Å². The molecule has 1 aromatic carbocycles. The molecule has 0 atom stereocenters. The van der Waals surface area contributed by atoms with Crippen LogP contribution >= 0.6 is 11.3 Å². The van der Waals surface area contributed by atoms with E-state index >= 15 is 0 Å². The first kappa shape index (κ1) is 10.9. The van der Waals surface area contributed by atoms with E-state index in [0.29, 0.717) is 4.88 Å². The summed E-state index contributed by atoms with van der Waals surface area (Å²) in [6.45, 7) is 0. The molecule has 2 aromatic heterocycles. The van der Waals surface area contributed by atoms with E-state index in [1.54, 1.807) is 12.4 Å². The van der Waals surface area contributed by atoms with Gasteiger partial charge in [0.2, 0.25) is 0 Å². The van der Waals surface area contributed by atoms with Crippen LogP contribution in [0.5, 0.6) is 0 Å². The maximum Gasteiger partial charge on any atom is 0.265 e. The number of hydrogen-bond donors (Lipinski definition) is 1. The molecule has 0 unspecified atom stereocenters. The number of carbonyl (C=O) groups excluding carboxylic acids is 1. The van der Waals surface area contributed by atoms with Crippen LogP contribution in [0.25, 0.3) is 10.8 Å². The summed E-state index contributed by atoms with van der Waals surface area (Å²) in [6, 6.07) is 11.4. The molecule has 0 spiro atoms. The minimum Gasteiger partial charge on any atom is -0.321 e. The summed E-state index contributed by atoms with van der Waals surface area (Å²) in [5, 5.41) is 6.90. The van der Waals surface area contributed by atoms with Gasteiger partial charge < -0.3 is 5.32 Å². The lowest BCUT2D eigenvalue weighted by Crippen LogP contribution is -2.09. The first-order chi connectivity index (χ1) is 8.83. The van der Waals surface area contributed by atoms with Crippen LogP contribution in [0, 0.1) is 0 Å². The second-order valence-corrected chi connectivity index (χ2v) is 4.82. The van der Waals surface area contributed by atoms with Crippen LogP contribution in [0.3, 0.4) is 0 Å². The van der Waals surface area contributed by atoms with Crippen LogP contribution in [-0.2, 0) is 0 Å². The van der Waals surface area contributed by atoms with Crippen molar-refractivity contribution < 1.29 is 4.79 Å². The third-order valence-electron chi connectivity index (χ3n) is 2.64. The molecular weight excluding hydrogens is 244 g/mol. The van der Waals surface area contributed by atoms with E-state index in [-0.39, 0.29) is 5.91 Å². The van der Waals surface area contributed by atoms with Gasteiger partial charge in [0, 0.05) is 23.5 Å². The van der Waals surface area contributed by atoms with E-state index in [2.05, 4.69) is 10.3 Å². The third kappa shape index (κ3) is 2.10. The highest BCUT2D eigenvalue weighted by Gasteiger charge is 2.06. The van der Waals surface area contributed by atoms with Crippen molar-refractivity contribution in [3.8, 4) is 0 Å². The normalized spacial score (nSPS) is 10.4. The molecule has 4 heteroatoms. The Balaban J connectivity index is 1.89. The fraction of sp³-hybridized carbons (Fsp3) is 0. The van der Waals surface area contributed by atoms with Crippen LogP contribution in [0.15, 0.2) is 54.2 Å². The van der Waals surface area contributed by atoms with Gasteiger partial charge in [-0.2, -0.15) is 0 Å². The van der Waals surface area contributed by atoms with Crippen molar-refractivity contribution in [3.05, 3.63) is 59.0 Å². The predicted molar refractivity (Wildman–Crippen MR) is 74.0 cm³/mol. The number of nitrogens with one attached hydrogen (secondary N) is 1. The van der Waals surface area contributed by atoms with E-state index in [9.17, 15) is 4.79 Å². The zero-order valence-corrected chi connectivity index (χ0v) is 10.3. The number of carbonyl (C=O) groups is 1. The summed E-state index contributed by atoms with van der Waals surface area (Å²) in [7, 11) is 0. The standard InChI is InChI=1S/C14H10N2OS/c17-14(13-2-1-7-18-13)16-12-4-3-11-9-15-6-5-10(11)8-12/h1-9H,(H,16,17). The molecule has 2 heterocycles. The molecule has 0 aliphatic rings. The maximum atomic E-state index is 11.9. The van der Waals surface area contributed by atoms with Gasteiger partial charge in [0.1, 0.15) is 0 Å². The number of benzene rings is 1. The highest BCUT2D eigenvalue weighted by molar-refractivity contribution is 7.12. The number of fused-ring (bicyclic) bond motifs is 1. The molecule has 1 amide bonds. The molecule has 0 aliphatic heterocycles. The van der Waals surface area contributed by atoms with Gasteiger partial charge in [-0.05, 0) is 35.0 Å². The molecule has 1 N–H and O–H groups in total. The Kier molecular flexibility index (Phi) is 2.78. The lowest BCUT2D eigenvalue weighted by Gasteiger charge is -2.05. The number of hydrogen-bond acceptors (Lipinski definition) is 3. The number of pyridine rings is 1. The molecule has 3 nitrogen and oxygen atoms in total. The predicted octanol–water partition coefficient (Wildman–Crippen LogP) is 3.55. The summed E-state index contributed by atoms with van der Waals surface area (Å²) in [5.74, 6) is -0.0709. The molecule has 0 saturated carbocycles. The van der Waals surface area contributed by atoms with Gasteiger partial charge in [-0.3, -0.25) is 9.78 Å². The largest absolute Gasteiger partial charge is 0.321 e. The average Bonchev–Trinajstić information content (AvgIpc) is 2.92. The van der Waals surface area contributed by atoms with Gasteiger partial charge in [0.25, 0.3) is 5.91 Å². The van der Waals surface area contributed by atoms with Gasteiger partial charge >= 0.3 is 0 Å². The van der Waals surface area contributed by atoms with Crippen molar-refractivity contribution in [3.63, 3.8) is 0 Å². The molecule has 0 fully saturated rings. The molecule has 0 aliphatic carbocycles. The fourth-order valence-corrected chi connectivity index (χ4v) is 2.38. The smallest absolute Gasteiger partial charge is 0.265 e. The minimum atomic E-state index is -0.0709. The number of anilines is 1. The molecular formula is C14H10N2OS. The Morgan fingerprint density at radius 2 is 2.11 bits per heavy atom. The van der Waals surface area contributed by atoms with E-state index in [1.807, 2.05) is 41.8 Å². The average molecular weight is 254 g/mol. The minimum absolute atomic E-state index is 0.0709. The topological polar surface area (TPSA) is 42.0 Å². The Bertz CT molecular complexity index is 692. The zero-order valence-electron chi connectivity index (χ0n) is 9.46. The zero-order chi connectivity index (χ0) is 12.4. The second-order valence-electron chi connectivity index (χ2n) is 3.87. The molecule has 0 bridgehead atoms. The summed E-state index contributed by atoms with van der Waals surface area (Å²) in [6.07, 6.45) is 3.55. The van der Waals surface area contributed by atoms with Gasteiger partial charge in [-0.25, -0.2) is 0 Å². The van der Waals surface area contributed by atoms with E-state index in [4.69, 9.17) is 0 Å². The quantitative estimate of drug-likeness (QED) is 0.760. The summed E-state index contributed by atoms with van der Waals surface area (Å²) >= 11 is 1.43. The van der Waals surface area contributed by atoms with Crippen LogP contribution in [-0.4, -0.2) is 10.9 Å². The van der Waals surface area contributed by atoms with E-state index < -0.39 is 0 Å². The highest BCUT2D eigenvalue weighted by Crippen LogP contribution is 2.19. The van der Waals surface area contributed by atoms with Crippen molar-refractivity contribution in [1.82, 2.24) is 4.98 Å². The first-order valence-electron chi connectivity index (χ1n) is 5.51. The number of thiophene rings is 1. The SMILES string of the molecule is O=C(Nc1ccc2cnccc2c1)c1cccs1. The van der Waals surface area contributed by atoms with E-state index in [1.165, 1.54) is 11.3 Å². The second kappa shape index (κ2) is 4.58. The summed E-state index contributed by atoms with van der Waals surface area (Å²) in [5.41, 5.74) is 0.798. The van der Waals surface area contributed by atoms with Crippen LogP contribution in [0.1, 0.15) is 9.67 Å². The molecule has 3 rings (SSSR count). The molecule has 88 valence electrons. The van der Waals surface area contributed by atoms with Crippen molar-refractivity contribution in [2.45, 2.75) is 0 Å². The number of amides is 1. The Morgan fingerprint density at radius 3 is 2.94 bits per heavy atom. The molecule has 0 radical (unpaired) electrons. The number of aromatic nitrogens is 1. The number of nitrogens with zero attached hydrogens (tertiary/aromatic N) is 1. The Hall–Kier alpha value is -2.20. The van der Waals surface area contributed by atoms with Crippen LogP contribution < -0.4 is 5.32 Å². The lowest BCUT2D eigenvalue weighted by molar-refractivity contribution is 0.103. The van der Waals surface area contributed by atoms with Gasteiger partial charge in [-0.15, -0.1) is 11.3 Å². The van der Waals surface area contributed by atoms with Crippen molar-refractivity contribution in [2.75, 3.05) is 5.32 Å². The van der Waals surface area contributed by atoms with Gasteiger partial charge in [-0.1, -0.05) is 12.1 Å². The maximum absolute atomic E-state index is 11.9. The van der Waals surface area contributed by atoms with Crippen molar-refractivity contribution in [2.24, 2.45) is 0 Å². The number of rotatable bonds is 2. The molecule has 0 saturated heterocycles. The Morgan fingerprint density at radius 1 is 1.17 bits per heavy atom. The van der Waals surface area contributed by atoms with Crippen LogP contribution in [0.2, 0.25) is 0 Å². The molecule has 3 aromatic rings. The highest BCUT2D eigenvalue weighted by atomic mass is 32.1. The third-order valence-corrected chi connectivity index (χ3v) is 3.51. The van der Waals surface area contributed by atoms with Crippen LogP contribution in [0.4, 0.5) is 5.69 Å². The lowest BCUT2D eigenvalue weighted by atomic mass is 10.1. The molecule has 18 heavy (non-hydrogen) atoms. The monoisotopic (exact) mass is 254 g/mol. The van der Waals surface area contributed by atoms with E-state index in [0.717, 1.165) is 16.5 Å².